The lowest BCUT2D eigenvalue weighted by Gasteiger charge is -2.06. The fraction of sp³-hybridized carbons (Fsp3) is 0.0690. The van der Waals surface area contributed by atoms with Crippen molar-refractivity contribution in [2.75, 3.05) is 0 Å². The standard InChI is InChI=1S/C29H24N4O2/c1-20(25-13-7-11-22-10-5-6-12-26(22)25)30-33-29(34)28-18-27(31-32-28)23-14-16-24(17-15-23)35-19-21-8-3-2-4-9-21/h2-18H,19H2,1H3,(H,31,32)(H,33,34)/b30-20+. The van der Waals surface area contributed by atoms with Crippen LogP contribution in [0, 0.1) is 0 Å². The summed E-state index contributed by atoms with van der Waals surface area (Å²) in [5.74, 6) is 0.413. The van der Waals surface area contributed by atoms with Crippen molar-refractivity contribution in [3.63, 3.8) is 0 Å². The largest absolute Gasteiger partial charge is 0.489 e. The molecule has 1 heterocycles. The summed E-state index contributed by atoms with van der Waals surface area (Å²) in [7, 11) is 0. The Hall–Kier alpha value is -4.71. The summed E-state index contributed by atoms with van der Waals surface area (Å²) < 4.78 is 5.84. The van der Waals surface area contributed by atoms with Crippen LogP contribution in [0.5, 0.6) is 5.75 Å². The third-order valence-electron chi connectivity index (χ3n) is 5.73. The quantitative estimate of drug-likeness (QED) is 0.232. The summed E-state index contributed by atoms with van der Waals surface area (Å²) in [6.45, 7) is 2.38. The molecule has 0 radical (unpaired) electrons. The number of carbonyl (C=O) groups is 1. The second kappa shape index (κ2) is 10.1. The maximum absolute atomic E-state index is 12.7. The van der Waals surface area contributed by atoms with E-state index in [4.69, 9.17) is 4.74 Å². The molecule has 1 aromatic heterocycles. The zero-order valence-corrected chi connectivity index (χ0v) is 19.2. The van der Waals surface area contributed by atoms with Crippen molar-refractivity contribution in [3.05, 3.63) is 120 Å². The number of hydrazone groups is 1. The van der Waals surface area contributed by atoms with Crippen LogP contribution in [0.4, 0.5) is 0 Å². The molecule has 6 nitrogen and oxygen atoms in total. The zero-order chi connectivity index (χ0) is 24.0. The van der Waals surface area contributed by atoms with Gasteiger partial charge in [-0.1, -0.05) is 72.8 Å². The first-order valence-corrected chi connectivity index (χ1v) is 11.3. The SMILES string of the molecule is C/C(=N\NC(=O)c1cc(-c2ccc(OCc3ccccc3)cc2)n[nH]1)c1cccc2ccccc12. The molecule has 0 aliphatic carbocycles. The number of carbonyl (C=O) groups excluding carboxylic acids is 1. The van der Waals surface area contributed by atoms with Gasteiger partial charge in [-0.05, 0) is 53.6 Å². The van der Waals surface area contributed by atoms with Gasteiger partial charge in [-0.2, -0.15) is 10.2 Å². The minimum Gasteiger partial charge on any atom is -0.489 e. The number of amides is 1. The molecule has 0 spiro atoms. The van der Waals surface area contributed by atoms with Gasteiger partial charge in [0, 0.05) is 11.1 Å². The number of aromatic nitrogens is 2. The van der Waals surface area contributed by atoms with Crippen molar-refractivity contribution in [1.82, 2.24) is 15.6 Å². The first kappa shape index (κ1) is 22.1. The highest BCUT2D eigenvalue weighted by Crippen LogP contribution is 2.22. The number of ether oxygens (including phenoxy) is 1. The Morgan fingerprint density at radius 3 is 2.49 bits per heavy atom. The van der Waals surface area contributed by atoms with Crippen LogP contribution in [0.2, 0.25) is 0 Å². The predicted octanol–water partition coefficient (Wildman–Crippen LogP) is 5.96. The van der Waals surface area contributed by atoms with Gasteiger partial charge >= 0.3 is 0 Å². The van der Waals surface area contributed by atoms with E-state index in [0.717, 1.165) is 38.9 Å². The van der Waals surface area contributed by atoms with Crippen molar-refractivity contribution in [2.24, 2.45) is 5.10 Å². The number of hydrogen-bond acceptors (Lipinski definition) is 4. The molecule has 5 aromatic rings. The van der Waals surface area contributed by atoms with E-state index in [2.05, 4.69) is 32.9 Å². The maximum Gasteiger partial charge on any atom is 0.289 e. The number of H-pyrrole nitrogens is 1. The van der Waals surface area contributed by atoms with Gasteiger partial charge in [0.1, 0.15) is 18.1 Å². The van der Waals surface area contributed by atoms with Crippen LogP contribution < -0.4 is 10.2 Å². The number of rotatable bonds is 7. The molecule has 0 bridgehead atoms. The molecule has 172 valence electrons. The Kier molecular flexibility index (Phi) is 6.35. The predicted molar refractivity (Wildman–Crippen MR) is 138 cm³/mol. The van der Waals surface area contributed by atoms with E-state index in [1.807, 2.05) is 91.9 Å². The van der Waals surface area contributed by atoms with Crippen LogP contribution >= 0.6 is 0 Å². The number of hydrogen-bond donors (Lipinski definition) is 2. The van der Waals surface area contributed by atoms with Gasteiger partial charge in [0.2, 0.25) is 0 Å². The lowest BCUT2D eigenvalue weighted by Crippen LogP contribution is -2.19. The van der Waals surface area contributed by atoms with E-state index in [0.29, 0.717) is 18.0 Å². The zero-order valence-electron chi connectivity index (χ0n) is 19.2. The average Bonchev–Trinajstić information content (AvgIpc) is 3.41. The Bertz CT molecular complexity index is 1480. The van der Waals surface area contributed by atoms with E-state index < -0.39 is 0 Å². The molecule has 0 saturated heterocycles. The normalized spacial score (nSPS) is 11.4. The van der Waals surface area contributed by atoms with Gasteiger partial charge in [-0.3, -0.25) is 9.89 Å². The summed E-state index contributed by atoms with van der Waals surface area (Å²) in [5, 5.41) is 13.6. The van der Waals surface area contributed by atoms with Crippen molar-refractivity contribution in [2.45, 2.75) is 13.5 Å². The molecule has 0 aliphatic rings. The summed E-state index contributed by atoms with van der Waals surface area (Å²) in [5.41, 5.74) is 7.31. The third kappa shape index (κ3) is 5.12. The molecular formula is C29H24N4O2. The lowest BCUT2D eigenvalue weighted by molar-refractivity contribution is 0.0950. The third-order valence-corrected chi connectivity index (χ3v) is 5.73. The van der Waals surface area contributed by atoms with Crippen LogP contribution in [0.1, 0.15) is 28.5 Å². The highest BCUT2D eigenvalue weighted by Gasteiger charge is 2.12. The van der Waals surface area contributed by atoms with Gasteiger partial charge in [0.15, 0.2) is 0 Å². The summed E-state index contributed by atoms with van der Waals surface area (Å²) in [6, 6.07) is 33.5. The van der Waals surface area contributed by atoms with Crippen LogP contribution in [0.25, 0.3) is 22.0 Å². The number of nitrogens with one attached hydrogen (secondary N) is 2. The Labute approximate surface area is 203 Å². The van der Waals surface area contributed by atoms with E-state index in [9.17, 15) is 4.79 Å². The van der Waals surface area contributed by atoms with E-state index >= 15 is 0 Å². The second-order valence-electron chi connectivity index (χ2n) is 8.13. The maximum atomic E-state index is 12.7. The topological polar surface area (TPSA) is 79.4 Å². The van der Waals surface area contributed by atoms with Gasteiger partial charge in [0.25, 0.3) is 5.91 Å². The Morgan fingerprint density at radius 1 is 0.914 bits per heavy atom. The first-order valence-electron chi connectivity index (χ1n) is 11.3. The van der Waals surface area contributed by atoms with Gasteiger partial charge in [-0.25, -0.2) is 5.43 Å². The van der Waals surface area contributed by atoms with Crippen molar-refractivity contribution in [1.29, 1.82) is 0 Å². The summed E-state index contributed by atoms with van der Waals surface area (Å²) in [4.78, 5) is 12.7. The van der Waals surface area contributed by atoms with Crippen LogP contribution in [-0.4, -0.2) is 21.8 Å². The highest BCUT2D eigenvalue weighted by atomic mass is 16.5. The molecule has 5 rings (SSSR count). The molecule has 0 unspecified atom stereocenters. The van der Waals surface area contributed by atoms with Crippen molar-refractivity contribution < 1.29 is 9.53 Å². The fourth-order valence-electron chi connectivity index (χ4n) is 3.84. The first-order chi connectivity index (χ1) is 17.2. The molecule has 1 amide bonds. The van der Waals surface area contributed by atoms with Gasteiger partial charge in [-0.15, -0.1) is 0 Å². The summed E-state index contributed by atoms with van der Waals surface area (Å²) >= 11 is 0. The average molecular weight is 461 g/mol. The molecule has 0 aliphatic heterocycles. The number of nitrogens with zero attached hydrogens (tertiary/aromatic N) is 2. The molecule has 2 N–H and O–H groups in total. The Morgan fingerprint density at radius 2 is 1.66 bits per heavy atom. The monoisotopic (exact) mass is 460 g/mol. The molecule has 6 heteroatoms. The molecule has 0 atom stereocenters. The molecule has 0 fully saturated rings. The van der Waals surface area contributed by atoms with Crippen molar-refractivity contribution in [3.8, 4) is 17.0 Å². The Balaban J connectivity index is 1.24. The summed E-state index contributed by atoms with van der Waals surface area (Å²) in [6.07, 6.45) is 0. The van der Waals surface area contributed by atoms with Crippen LogP contribution in [0.3, 0.4) is 0 Å². The fourth-order valence-corrected chi connectivity index (χ4v) is 3.84. The number of fused-ring (bicyclic) bond motifs is 1. The minimum absolute atomic E-state index is 0.332. The van der Waals surface area contributed by atoms with Crippen molar-refractivity contribution >= 4 is 22.4 Å². The van der Waals surface area contributed by atoms with Gasteiger partial charge in [0.05, 0.1) is 11.4 Å². The molecule has 0 saturated carbocycles. The van der Waals surface area contributed by atoms with Crippen LogP contribution in [-0.2, 0) is 6.61 Å². The second-order valence-corrected chi connectivity index (χ2v) is 8.13. The number of aromatic amines is 1. The highest BCUT2D eigenvalue weighted by molar-refractivity contribution is 6.10. The van der Waals surface area contributed by atoms with Crippen LogP contribution in [0.15, 0.2) is 108 Å². The molecular weight excluding hydrogens is 436 g/mol. The number of benzene rings is 4. The lowest BCUT2D eigenvalue weighted by atomic mass is 10.0. The van der Waals surface area contributed by atoms with E-state index in [1.54, 1.807) is 6.07 Å². The minimum atomic E-state index is -0.355. The van der Waals surface area contributed by atoms with Gasteiger partial charge < -0.3 is 4.74 Å². The van der Waals surface area contributed by atoms with E-state index in [1.165, 1.54) is 0 Å². The smallest absolute Gasteiger partial charge is 0.289 e. The molecule has 35 heavy (non-hydrogen) atoms. The van der Waals surface area contributed by atoms with E-state index in [-0.39, 0.29) is 5.91 Å². The molecule has 4 aromatic carbocycles.